The average molecular weight is 503 g/mol. The number of hydrogen-bond acceptors (Lipinski definition) is 5. The number of amides is 1. The molecule has 0 spiro atoms. The lowest BCUT2D eigenvalue weighted by Gasteiger charge is -2.14. The largest absolute Gasteiger partial charge is 0.467 e. The Morgan fingerprint density at radius 2 is 2.10 bits per heavy atom. The van der Waals surface area contributed by atoms with Gasteiger partial charge in [0.2, 0.25) is 0 Å². The maximum Gasteiger partial charge on any atom is 0.251 e. The fourth-order valence-electron chi connectivity index (χ4n) is 2.92. The lowest BCUT2D eigenvalue weighted by molar-refractivity contribution is 0.0935. The second kappa shape index (κ2) is 8.11. The van der Waals surface area contributed by atoms with Crippen molar-refractivity contribution < 1.29 is 13.6 Å². The Hall–Kier alpha value is -3.08. The van der Waals surface area contributed by atoms with Crippen LogP contribution >= 0.6 is 22.6 Å². The highest BCUT2D eigenvalue weighted by Gasteiger charge is 2.17. The fourth-order valence-corrected chi connectivity index (χ4v) is 3.38. The Labute approximate surface area is 179 Å². The molecule has 2 aromatic carbocycles. The van der Waals surface area contributed by atoms with Gasteiger partial charge in [0.25, 0.3) is 5.91 Å². The molecular formula is C20H15FIN5O2. The molecule has 0 aliphatic carbocycles. The van der Waals surface area contributed by atoms with Crippen LogP contribution in [-0.4, -0.2) is 26.1 Å². The van der Waals surface area contributed by atoms with Gasteiger partial charge in [-0.3, -0.25) is 4.79 Å². The molecule has 2 aromatic heterocycles. The van der Waals surface area contributed by atoms with Gasteiger partial charge in [0.1, 0.15) is 17.9 Å². The van der Waals surface area contributed by atoms with Crippen molar-refractivity contribution in [1.29, 1.82) is 0 Å². The summed E-state index contributed by atoms with van der Waals surface area (Å²) in [5.41, 5.74) is 1.82. The zero-order chi connectivity index (χ0) is 20.4. The summed E-state index contributed by atoms with van der Waals surface area (Å²) in [6.45, 7) is 1.82. The zero-order valence-corrected chi connectivity index (χ0v) is 17.4. The maximum absolute atomic E-state index is 14.6. The third-order valence-electron chi connectivity index (χ3n) is 4.35. The molecule has 7 nitrogen and oxygen atoms in total. The predicted molar refractivity (Wildman–Crippen MR) is 112 cm³/mol. The summed E-state index contributed by atoms with van der Waals surface area (Å²) in [6, 6.07) is 13.2. The molecule has 0 aliphatic heterocycles. The maximum atomic E-state index is 14.6. The van der Waals surface area contributed by atoms with Crippen molar-refractivity contribution in [3.8, 4) is 16.8 Å². The number of tetrazole rings is 1. The van der Waals surface area contributed by atoms with Crippen LogP contribution in [-0.2, 0) is 0 Å². The van der Waals surface area contributed by atoms with E-state index in [0.717, 1.165) is 3.57 Å². The van der Waals surface area contributed by atoms with E-state index in [1.54, 1.807) is 48.7 Å². The normalized spacial score (nSPS) is 12.0. The quantitative estimate of drug-likeness (QED) is 0.414. The van der Waals surface area contributed by atoms with Crippen LogP contribution in [0.4, 0.5) is 4.39 Å². The molecule has 1 atom stereocenters. The van der Waals surface area contributed by atoms with E-state index in [2.05, 4.69) is 20.8 Å². The fraction of sp³-hybridized carbons (Fsp3) is 0.100. The van der Waals surface area contributed by atoms with E-state index in [1.165, 1.54) is 17.1 Å². The third-order valence-corrected chi connectivity index (χ3v) is 5.02. The average Bonchev–Trinajstić information content (AvgIpc) is 3.41. The van der Waals surface area contributed by atoms with Crippen molar-refractivity contribution in [2.75, 3.05) is 0 Å². The number of nitrogens with zero attached hydrogens (tertiary/aromatic N) is 4. The van der Waals surface area contributed by atoms with E-state index in [1.807, 2.05) is 29.5 Å². The Kier molecular flexibility index (Phi) is 5.38. The van der Waals surface area contributed by atoms with Gasteiger partial charge in [-0.1, -0.05) is 6.07 Å². The lowest BCUT2D eigenvalue weighted by Crippen LogP contribution is -2.26. The molecule has 146 valence electrons. The van der Waals surface area contributed by atoms with Crippen molar-refractivity contribution in [3.05, 3.63) is 81.8 Å². The van der Waals surface area contributed by atoms with Crippen LogP contribution in [0.2, 0.25) is 0 Å². The molecule has 2 heterocycles. The summed E-state index contributed by atoms with van der Waals surface area (Å²) in [5, 5.41) is 14.0. The minimum atomic E-state index is -0.374. The molecule has 1 N–H and O–H groups in total. The second-order valence-electron chi connectivity index (χ2n) is 6.36. The van der Waals surface area contributed by atoms with Gasteiger partial charge in [-0.15, -0.1) is 5.10 Å². The number of aromatic nitrogens is 4. The minimum absolute atomic E-state index is 0.323. The second-order valence-corrected chi connectivity index (χ2v) is 7.60. The summed E-state index contributed by atoms with van der Waals surface area (Å²) in [6.07, 6.45) is 2.96. The molecule has 1 amide bonds. The summed E-state index contributed by atoms with van der Waals surface area (Å²) in [4.78, 5) is 12.9. The van der Waals surface area contributed by atoms with Crippen molar-refractivity contribution in [2.45, 2.75) is 13.0 Å². The zero-order valence-electron chi connectivity index (χ0n) is 15.2. The van der Waals surface area contributed by atoms with Gasteiger partial charge in [-0.05, 0) is 88.0 Å². The van der Waals surface area contributed by atoms with Crippen molar-refractivity contribution in [3.63, 3.8) is 0 Å². The van der Waals surface area contributed by atoms with E-state index in [4.69, 9.17) is 4.42 Å². The number of benzene rings is 2. The summed E-state index contributed by atoms with van der Waals surface area (Å²) in [5.74, 6) is -0.0593. The van der Waals surface area contributed by atoms with Gasteiger partial charge >= 0.3 is 0 Å². The van der Waals surface area contributed by atoms with Crippen LogP contribution in [0.3, 0.4) is 0 Å². The first-order chi connectivity index (χ1) is 14.0. The molecular weight excluding hydrogens is 488 g/mol. The molecule has 0 saturated heterocycles. The number of furan rings is 1. The van der Waals surface area contributed by atoms with Crippen molar-refractivity contribution in [2.24, 2.45) is 0 Å². The summed E-state index contributed by atoms with van der Waals surface area (Å²) >= 11 is 2.05. The van der Waals surface area contributed by atoms with E-state index in [-0.39, 0.29) is 17.8 Å². The number of nitrogens with one attached hydrogen (secondary N) is 1. The summed E-state index contributed by atoms with van der Waals surface area (Å²) < 4.78 is 22.1. The number of halogens is 2. The van der Waals surface area contributed by atoms with Gasteiger partial charge < -0.3 is 9.73 Å². The monoisotopic (exact) mass is 503 g/mol. The number of rotatable bonds is 5. The first-order valence-electron chi connectivity index (χ1n) is 8.69. The Balaban J connectivity index is 1.75. The molecule has 4 aromatic rings. The molecule has 0 fully saturated rings. The number of carbonyl (C=O) groups is 1. The van der Waals surface area contributed by atoms with Gasteiger partial charge in [0.05, 0.1) is 18.0 Å². The van der Waals surface area contributed by atoms with E-state index < -0.39 is 0 Å². The standard InChI is InChI=1S/C20H15FIN5O2/c1-12(19-3-2-6-29-19)24-20(28)14-7-13(17-5-4-15(22)10-18(17)21)8-16(9-14)27-11-23-25-26-27/h2-12H,1H3,(H,24,28). The molecule has 4 rings (SSSR count). The van der Waals surface area contributed by atoms with Gasteiger partial charge in [-0.25, -0.2) is 9.07 Å². The number of carbonyl (C=O) groups excluding carboxylic acids is 1. The molecule has 1 unspecified atom stereocenters. The van der Waals surface area contributed by atoms with Gasteiger partial charge in [0, 0.05) is 14.7 Å². The first kappa shape index (κ1) is 19.2. The highest BCUT2D eigenvalue weighted by molar-refractivity contribution is 14.1. The first-order valence-corrected chi connectivity index (χ1v) is 9.77. The number of hydrogen-bond donors (Lipinski definition) is 1. The van der Waals surface area contributed by atoms with Crippen molar-refractivity contribution in [1.82, 2.24) is 25.5 Å². The Morgan fingerprint density at radius 3 is 2.79 bits per heavy atom. The van der Waals surface area contributed by atoms with E-state index in [9.17, 15) is 9.18 Å². The SMILES string of the molecule is CC(NC(=O)c1cc(-c2ccc(I)cc2F)cc(-n2cnnn2)c1)c1ccco1. The smallest absolute Gasteiger partial charge is 0.251 e. The third kappa shape index (κ3) is 4.19. The van der Waals surface area contributed by atoms with Crippen LogP contribution in [0.15, 0.2) is 65.5 Å². The predicted octanol–water partition coefficient (Wildman–Crippen LogP) is 4.16. The topological polar surface area (TPSA) is 85.8 Å². The summed E-state index contributed by atoms with van der Waals surface area (Å²) in [7, 11) is 0. The highest BCUT2D eigenvalue weighted by Crippen LogP contribution is 2.28. The molecule has 9 heteroatoms. The Bertz CT molecular complexity index is 1150. The van der Waals surface area contributed by atoms with Crippen molar-refractivity contribution >= 4 is 28.5 Å². The van der Waals surface area contributed by atoms with Crippen LogP contribution < -0.4 is 5.32 Å². The van der Waals surface area contributed by atoms with Crippen LogP contribution in [0, 0.1) is 9.39 Å². The van der Waals surface area contributed by atoms with Crippen LogP contribution in [0.5, 0.6) is 0 Å². The molecule has 0 saturated carbocycles. The highest BCUT2D eigenvalue weighted by atomic mass is 127. The van der Waals surface area contributed by atoms with Crippen LogP contribution in [0.1, 0.15) is 29.1 Å². The van der Waals surface area contributed by atoms with Gasteiger partial charge in [-0.2, -0.15) is 0 Å². The molecule has 0 radical (unpaired) electrons. The van der Waals surface area contributed by atoms with Gasteiger partial charge in [0.15, 0.2) is 0 Å². The molecule has 0 aliphatic rings. The Morgan fingerprint density at radius 1 is 1.24 bits per heavy atom. The molecule has 0 bridgehead atoms. The van der Waals surface area contributed by atoms with E-state index in [0.29, 0.717) is 28.1 Å². The van der Waals surface area contributed by atoms with E-state index >= 15 is 0 Å². The lowest BCUT2D eigenvalue weighted by atomic mass is 10.0. The molecule has 29 heavy (non-hydrogen) atoms. The van der Waals surface area contributed by atoms with Crippen LogP contribution in [0.25, 0.3) is 16.8 Å². The minimum Gasteiger partial charge on any atom is -0.467 e.